The third-order valence-corrected chi connectivity index (χ3v) is 2.15. The number of rotatable bonds is 3. The molecule has 1 amide bonds. The third-order valence-electron chi connectivity index (χ3n) is 1.90. The van der Waals surface area contributed by atoms with Crippen molar-refractivity contribution in [3.8, 4) is 0 Å². The molecule has 1 heterocycles. The number of nitrogens with one attached hydrogen (secondary N) is 2. The maximum atomic E-state index is 11.0. The molecule has 0 unspecified atom stereocenters. The lowest BCUT2D eigenvalue weighted by Gasteiger charge is -2.16. The molecule has 5 nitrogen and oxygen atoms in total. The predicted octanol–water partition coefficient (Wildman–Crippen LogP) is 0.957. The Morgan fingerprint density at radius 2 is 2.13 bits per heavy atom. The van der Waals surface area contributed by atoms with Crippen LogP contribution in [0.25, 0.3) is 0 Å². The summed E-state index contributed by atoms with van der Waals surface area (Å²) in [5, 5.41) is 13.3. The number of amides is 1. The molecule has 6 heteroatoms. The van der Waals surface area contributed by atoms with Crippen LogP contribution in [-0.2, 0) is 16.8 Å². The highest BCUT2D eigenvalue weighted by Gasteiger charge is 2.22. The molecule has 1 aromatic rings. The second kappa shape index (κ2) is 4.61. The molecule has 0 aliphatic heterocycles. The standard InChI is InChI=1S/C9H15ClN4O/c1-9(2,3)8-6(12-14-13-8)5-11-7(15)4-10/h4-5H2,1-3H3,(H,11,15)(H,12,13,14). The lowest BCUT2D eigenvalue weighted by molar-refractivity contribution is -0.118. The number of alkyl halides is 1. The van der Waals surface area contributed by atoms with Gasteiger partial charge in [0.2, 0.25) is 5.91 Å². The van der Waals surface area contributed by atoms with Crippen molar-refractivity contribution in [2.24, 2.45) is 0 Å². The SMILES string of the molecule is CC(C)(C)c1n[nH]nc1CNC(=O)CCl. The van der Waals surface area contributed by atoms with E-state index in [2.05, 4.69) is 20.7 Å². The molecular formula is C9H15ClN4O. The van der Waals surface area contributed by atoms with Gasteiger partial charge in [-0.1, -0.05) is 20.8 Å². The quantitative estimate of drug-likeness (QED) is 0.760. The van der Waals surface area contributed by atoms with E-state index in [0.29, 0.717) is 6.54 Å². The smallest absolute Gasteiger partial charge is 0.235 e. The fourth-order valence-corrected chi connectivity index (χ4v) is 1.30. The molecule has 0 radical (unpaired) electrons. The fraction of sp³-hybridized carbons (Fsp3) is 0.667. The minimum atomic E-state index is -0.209. The van der Waals surface area contributed by atoms with Crippen LogP contribution in [0.1, 0.15) is 32.2 Å². The van der Waals surface area contributed by atoms with Crippen molar-refractivity contribution in [1.82, 2.24) is 20.7 Å². The van der Waals surface area contributed by atoms with Crippen LogP contribution in [0.3, 0.4) is 0 Å². The monoisotopic (exact) mass is 230 g/mol. The summed E-state index contributed by atoms with van der Waals surface area (Å²) in [5.74, 6) is -0.248. The van der Waals surface area contributed by atoms with Gasteiger partial charge in [-0.25, -0.2) is 0 Å². The number of hydrogen-bond acceptors (Lipinski definition) is 3. The Balaban J connectivity index is 2.70. The van der Waals surface area contributed by atoms with Gasteiger partial charge in [0.25, 0.3) is 0 Å². The van der Waals surface area contributed by atoms with Crippen molar-refractivity contribution >= 4 is 17.5 Å². The van der Waals surface area contributed by atoms with Crippen molar-refractivity contribution in [3.05, 3.63) is 11.4 Å². The molecule has 15 heavy (non-hydrogen) atoms. The predicted molar refractivity (Wildman–Crippen MR) is 57.6 cm³/mol. The third kappa shape index (κ3) is 3.20. The molecule has 0 saturated carbocycles. The van der Waals surface area contributed by atoms with Gasteiger partial charge in [-0.15, -0.1) is 11.6 Å². The Morgan fingerprint density at radius 3 is 2.67 bits per heavy atom. The molecule has 2 N–H and O–H groups in total. The highest BCUT2D eigenvalue weighted by molar-refractivity contribution is 6.27. The fourth-order valence-electron chi connectivity index (χ4n) is 1.21. The van der Waals surface area contributed by atoms with E-state index in [1.807, 2.05) is 20.8 Å². The summed E-state index contributed by atoms with van der Waals surface area (Å²) in [5.41, 5.74) is 1.52. The highest BCUT2D eigenvalue weighted by Crippen LogP contribution is 2.21. The van der Waals surface area contributed by atoms with Crippen molar-refractivity contribution < 1.29 is 4.79 Å². The first kappa shape index (κ1) is 12.0. The maximum absolute atomic E-state index is 11.0. The minimum Gasteiger partial charge on any atom is -0.349 e. The molecular weight excluding hydrogens is 216 g/mol. The maximum Gasteiger partial charge on any atom is 0.235 e. The van der Waals surface area contributed by atoms with E-state index in [1.165, 1.54) is 0 Å². The molecule has 1 rings (SSSR count). The number of aromatic amines is 1. The van der Waals surface area contributed by atoms with E-state index in [9.17, 15) is 4.79 Å². The van der Waals surface area contributed by atoms with Crippen LogP contribution >= 0.6 is 11.6 Å². The van der Waals surface area contributed by atoms with E-state index in [4.69, 9.17) is 11.6 Å². The van der Waals surface area contributed by atoms with Gasteiger partial charge in [0.05, 0.1) is 12.2 Å². The summed E-state index contributed by atoms with van der Waals surface area (Å²) in [7, 11) is 0. The van der Waals surface area contributed by atoms with Crippen molar-refractivity contribution in [1.29, 1.82) is 0 Å². The van der Waals surface area contributed by atoms with Crippen molar-refractivity contribution in [2.45, 2.75) is 32.7 Å². The Labute approximate surface area is 93.6 Å². The largest absolute Gasteiger partial charge is 0.349 e. The van der Waals surface area contributed by atoms with E-state index in [0.717, 1.165) is 11.4 Å². The number of nitrogens with zero attached hydrogens (tertiary/aromatic N) is 2. The molecule has 0 atom stereocenters. The number of carbonyl (C=O) groups excluding carboxylic acids is 1. The summed E-state index contributed by atoms with van der Waals surface area (Å²) in [4.78, 5) is 11.0. The number of hydrogen-bond donors (Lipinski definition) is 2. The summed E-state index contributed by atoms with van der Waals surface area (Å²) in [6.45, 7) is 6.47. The van der Waals surface area contributed by atoms with Crippen molar-refractivity contribution in [2.75, 3.05) is 5.88 Å². The first-order valence-electron chi connectivity index (χ1n) is 4.68. The minimum absolute atomic E-state index is 0.0390. The van der Waals surface area contributed by atoms with E-state index in [1.54, 1.807) is 0 Å². The Morgan fingerprint density at radius 1 is 1.47 bits per heavy atom. The number of aromatic nitrogens is 3. The second-order valence-corrected chi connectivity index (χ2v) is 4.55. The zero-order valence-corrected chi connectivity index (χ0v) is 9.85. The summed E-state index contributed by atoms with van der Waals surface area (Å²) in [6, 6.07) is 0. The number of halogens is 1. The van der Waals surface area contributed by atoms with Gasteiger partial charge >= 0.3 is 0 Å². The molecule has 0 aliphatic rings. The Kier molecular flexibility index (Phi) is 3.68. The molecule has 84 valence electrons. The van der Waals surface area contributed by atoms with E-state index >= 15 is 0 Å². The topological polar surface area (TPSA) is 70.7 Å². The van der Waals surface area contributed by atoms with Crippen LogP contribution < -0.4 is 5.32 Å². The molecule has 0 spiro atoms. The molecule has 0 saturated heterocycles. The summed E-state index contributed by atoms with van der Waals surface area (Å²) in [6.07, 6.45) is 0. The lowest BCUT2D eigenvalue weighted by atomic mass is 9.91. The first-order chi connectivity index (χ1) is 6.95. The number of H-pyrrole nitrogens is 1. The van der Waals surface area contributed by atoms with Crippen LogP contribution in [0.4, 0.5) is 0 Å². The summed E-state index contributed by atoms with van der Waals surface area (Å²) >= 11 is 5.37. The van der Waals surface area contributed by atoms with Crippen LogP contribution in [-0.4, -0.2) is 27.2 Å². The zero-order valence-electron chi connectivity index (χ0n) is 9.09. The van der Waals surface area contributed by atoms with Gasteiger partial charge in [0.15, 0.2) is 0 Å². The van der Waals surface area contributed by atoms with Gasteiger partial charge in [0, 0.05) is 5.41 Å². The number of carbonyl (C=O) groups is 1. The Hall–Kier alpha value is -1.10. The average Bonchev–Trinajstić information content (AvgIpc) is 2.61. The van der Waals surface area contributed by atoms with Crippen LogP contribution in [0, 0.1) is 0 Å². The Bertz CT molecular complexity index is 342. The second-order valence-electron chi connectivity index (χ2n) is 4.28. The lowest BCUT2D eigenvalue weighted by Crippen LogP contribution is -2.26. The van der Waals surface area contributed by atoms with Gasteiger partial charge < -0.3 is 5.32 Å². The first-order valence-corrected chi connectivity index (χ1v) is 5.21. The highest BCUT2D eigenvalue weighted by atomic mass is 35.5. The van der Waals surface area contributed by atoms with Crippen molar-refractivity contribution in [3.63, 3.8) is 0 Å². The van der Waals surface area contributed by atoms with E-state index < -0.39 is 0 Å². The van der Waals surface area contributed by atoms with Gasteiger partial charge in [-0.05, 0) is 0 Å². The normalized spacial score (nSPS) is 11.5. The van der Waals surface area contributed by atoms with E-state index in [-0.39, 0.29) is 17.2 Å². The van der Waals surface area contributed by atoms with Crippen LogP contribution in [0.15, 0.2) is 0 Å². The molecule has 0 bridgehead atoms. The average molecular weight is 231 g/mol. The van der Waals surface area contributed by atoms with Gasteiger partial charge in [-0.2, -0.15) is 15.4 Å². The van der Waals surface area contributed by atoms with Crippen LogP contribution in [0.2, 0.25) is 0 Å². The summed E-state index contributed by atoms with van der Waals surface area (Å²) < 4.78 is 0. The zero-order chi connectivity index (χ0) is 11.5. The van der Waals surface area contributed by atoms with Crippen LogP contribution in [0.5, 0.6) is 0 Å². The molecule has 0 fully saturated rings. The molecule has 1 aromatic heterocycles. The molecule has 0 aromatic carbocycles. The van der Waals surface area contributed by atoms with Gasteiger partial charge in [0.1, 0.15) is 11.6 Å². The molecule has 0 aliphatic carbocycles. The van der Waals surface area contributed by atoms with Gasteiger partial charge in [-0.3, -0.25) is 4.79 Å².